The van der Waals surface area contributed by atoms with Gasteiger partial charge in [-0.2, -0.15) is 0 Å². The van der Waals surface area contributed by atoms with Gasteiger partial charge in [-0.05, 0) is 49.0 Å². The number of para-hydroxylation sites is 1. The van der Waals surface area contributed by atoms with Crippen LogP contribution in [0.5, 0.6) is 0 Å². The van der Waals surface area contributed by atoms with Crippen LogP contribution in [0.15, 0.2) is 53.3 Å². The zero-order valence-electron chi connectivity index (χ0n) is 14.4. The molecule has 0 atom stereocenters. The summed E-state index contributed by atoms with van der Waals surface area (Å²) in [5.74, 6) is -0.172. The second kappa shape index (κ2) is 7.97. The van der Waals surface area contributed by atoms with Gasteiger partial charge >= 0.3 is 0 Å². The highest BCUT2D eigenvalue weighted by atomic mass is 32.1. The van der Waals surface area contributed by atoms with E-state index in [1.165, 1.54) is 0 Å². The first kappa shape index (κ1) is 17.9. The number of hydrogen-bond acceptors (Lipinski definition) is 4. The summed E-state index contributed by atoms with van der Waals surface area (Å²) in [5, 5.41) is 3.38. The van der Waals surface area contributed by atoms with E-state index in [1.807, 2.05) is 25.2 Å². The van der Waals surface area contributed by atoms with Crippen LogP contribution in [0.25, 0.3) is 10.9 Å². The van der Waals surface area contributed by atoms with Crippen LogP contribution >= 0.6 is 12.2 Å². The van der Waals surface area contributed by atoms with E-state index in [2.05, 4.69) is 32.3 Å². The Morgan fingerprint density at radius 2 is 1.92 bits per heavy atom. The Labute approximate surface area is 155 Å². The molecular formula is C19H20N4O2S. The molecule has 7 heteroatoms. The van der Waals surface area contributed by atoms with Gasteiger partial charge in [0.05, 0.1) is 10.9 Å². The molecule has 0 bridgehead atoms. The molecule has 3 aromatic rings. The third-order valence-electron chi connectivity index (χ3n) is 4.15. The van der Waals surface area contributed by atoms with Crippen LogP contribution in [0, 0.1) is 4.77 Å². The molecule has 1 amide bonds. The summed E-state index contributed by atoms with van der Waals surface area (Å²) in [6.07, 6.45) is 0.826. The van der Waals surface area contributed by atoms with Crippen LogP contribution in [-0.2, 0) is 0 Å². The fourth-order valence-electron chi connectivity index (χ4n) is 2.74. The molecule has 3 rings (SSSR count). The molecule has 0 aliphatic heterocycles. The van der Waals surface area contributed by atoms with E-state index in [-0.39, 0.29) is 16.2 Å². The van der Waals surface area contributed by atoms with Crippen molar-refractivity contribution in [1.29, 1.82) is 0 Å². The summed E-state index contributed by atoms with van der Waals surface area (Å²) in [6.45, 7) is 1.41. The highest BCUT2D eigenvalue weighted by Gasteiger charge is 2.08. The molecule has 0 radical (unpaired) electrons. The topological polar surface area (TPSA) is 81.0 Å². The SMILES string of the molecule is CN(CCCNC(=O)c1ccc2c(=O)[nH]c(=S)[nH]c2c1)c1ccccc1. The fourth-order valence-corrected chi connectivity index (χ4v) is 2.95. The number of anilines is 1. The monoisotopic (exact) mass is 368 g/mol. The van der Waals surface area contributed by atoms with Crippen molar-refractivity contribution in [3.05, 3.63) is 69.2 Å². The van der Waals surface area contributed by atoms with E-state index >= 15 is 0 Å². The molecule has 0 spiro atoms. The van der Waals surface area contributed by atoms with Crippen molar-refractivity contribution in [3.8, 4) is 0 Å². The Balaban J connectivity index is 1.57. The van der Waals surface area contributed by atoms with Crippen LogP contribution < -0.4 is 15.8 Å². The predicted molar refractivity (Wildman–Crippen MR) is 106 cm³/mol. The molecule has 2 aromatic carbocycles. The number of amides is 1. The van der Waals surface area contributed by atoms with Gasteiger partial charge in [-0.3, -0.25) is 14.6 Å². The molecule has 0 saturated carbocycles. The van der Waals surface area contributed by atoms with Crippen molar-refractivity contribution < 1.29 is 4.79 Å². The van der Waals surface area contributed by atoms with Crippen molar-refractivity contribution in [3.63, 3.8) is 0 Å². The number of nitrogens with zero attached hydrogens (tertiary/aromatic N) is 1. The van der Waals surface area contributed by atoms with E-state index in [1.54, 1.807) is 18.2 Å². The van der Waals surface area contributed by atoms with E-state index in [4.69, 9.17) is 12.2 Å². The Hall–Kier alpha value is -2.93. The lowest BCUT2D eigenvalue weighted by atomic mass is 10.1. The molecule has 6 nitrogen and oxygen atoms in total. The highest BCUT2D eigenvalue weighted by Crippen LogP contribution is 2.11. The molecule has 0 saturated heterocycles. The molecule has 26 heavy (non-hydrogen) atoms. The van der Waals surface area contributed by atoms with Crippen LogP contribution in [0.4, 0.5) is 5.69 Å². The lowest BCUT2D eigenvalue weighted by Gasteiger charge is -2.19. The number of fused-ring (bicyclic) bond motifs is 1. The minimum absolute atomic E-state index is 0.172. The van der Waals surface area contributed by atoms with Gasteiger partial charge in [0, 0.05) is 31.4 Å². The summed E-state index contributed by atoms with van der Waals surface area (Å²) in [5.41, 5.74) is 1.92. The van der Waals surface area contributed by atoms with E-state index in [0.29, 0.717) is 23.0 Å². The Morgan fingerprint density at radius 1 is 1.15 bits per heavy atom. The van der Waals surface area contributed by atoms with Gasteiger partial charge < -0.3 is 15.2 Å². The maximum atomic E-state index is 12.3. The van der Waals surface area contributed by atoms with Crippen LogP contribution in [0.3, 0.4) is 0 Å². The summed E-state index contributed by atoms with van der Waals surface area (Å²) in [7, 11) is 2.03. The Kier molecular flexibility index (Phi) is 5.48. The average Bonchev–Trinajstić information content (AvgIpc) is 2.65. The number of carbonyl (C=O) groups excluding carboxylic acids is 1. The van der Waals surface area contributed by atoms with Gasteiger partial charge in [-0.25, -0.2) is 0 Å². The summed E-state index contributed by atoms with van der Waals surface area (Å²) in [6, 6.07) is 15.0. The lowest BCUT2D eigenvalue weighted by Crippen LogP contribution is -2.28. The smallest absolute Gasteiger partial charge is 0.259 e. The van der Waals surface area contributed by atoms with Crippen molar-refractivity contribution in [2.45, 2.75) is 6.42 Å². The van der Waals surface area contributed by atoms with Gasteiger partial charge in [-0.15, -0.1) is 0 Å². The number of nitrogens with one attached hydrogen (secondary N) is 3. The zero-order valence-corrected chi connectivity index (χ0v) is 15.2. The minimum atomic E-state index is -0.264. The third kappa shape index (κ3) is 4.18. The standard InChI is InChI=1S/C19H20N4O2S/c1-23(14-6-3-2-4-7-14)11-5-10-20-17(24)13-8-9-15-16(12-13)21-19(26)22-18(15)25/h2-4,6-9,12H,5,10-11H2,1H3,(H,20,24)(H2,21,22,25,26). The van der Waals surface area contributed by atoms with Crippen molar-refractivity contribution in [1.82, 2.24) is 15.3 Å². The number of aromatic nitrogens is 2. The first-order valence-corrected chi connectivity index (χ1v) is 8.76. The van der Waals surface area contributed by atoms with Crippen LogP contribution in [0.2, 0.25) is 0 Å². The van der Waals surface area contributed by atoms with Gasteiger partial charge in [0.25, 0.3) is 11.5 Å². The number of rotatable bonds is 6. The Morgan fingerprint density at radius 3 is 2.69 bits per heavy atom. The van der Waals surface area contributed by atoms with Crippen LogP contribution in [0.1, 0.15) is 16.8 Å². The number of hydrogen-bond donors (Lipinski definition) is 3. The molecule has 1 heterocycles. The number of carbonyl (C=O) groups is 1. The van der Waals surface area contributed by atoms with E-state index < -0.39 is 0 Å². The molecule has 0 aliphatic rings. The first-order chi connectivity index (χ1) is 12.5. The number of H-pyrrole nitrogens is 2. The van der Waals surface area contributed by atoms with Gasteiger partial charge in [0.2, 0.25) is 0 Å². The van der Waals surface area contributed by atoms with Gasteiger partial charge in [-0.1, -0.05) is 18.2 Å². The molecule has 3 N–H and O–H groups in total. The second-order valence-electron chi connectivity index (χ2n) is 6.04. The number of aromatic amines is 2. The fraction of sp³-hybridized carbons (Fsp3) is 0.211. The second-order valence-corrected chi connectivity index (χ2v) is 6.44. The molecule has 1 aromatic heterocycles. The zero-order chi connectivity index (χ0) is 18.5. The largest absolute Gasteiger partial charge is 0.375 e. The maximum absolute atomic E-state index is 12.3. The molecule has 0 unspecified atom stereocenters. The van der Waals surface area contributed by atoms with Gasteiger partial charge in [0.1, 0.15) is 0 Å². The highest BCUT2D eigenvalue weighted by molar-refractivity contribution is 7.71. The van der Waals surface area contributed by atoms with Crippen LogP contribution in [-0.4, -0.2) is 36.0 Å². The summed E-state index contributed by atoms with van der Waals surface area (Å²) < 4.78 is 0.240. The normalized spacial score (nSPS) is 10.7. The molecule has 134 valence electrons. The maximum Gasteiger partial charge on any atom is 0.259 e. The molecule has 0 fully saturated rings. The summed E-state index contributed by atoms with van der Waals surface area (Å²) in [4.78, 5) is 31.7. The van der Waals surface area contributed by atoms with Crippen molar-refractivity contribution in [2.24, 2.45) is 0 Å². The average molecular weight is 368 g/mol. The van der Waals surface area contributed by atoms with Crippen molar-refractivity contribution >= 4 is 34.7 Å². The van der Waals surface area contributed by atoms with E-state index in [0.717, 1.165) is 18.7 Å². The summed E-state index contributed by atoms with van der Waals surface area (Å²) >= 11 is 4.97. The molecular weight excluding hydrogens is 348 g/mol. The first-order valence-electron chi connectivity index (χ1n) is 8.35. The van der Waals surface area contributed by atoms with E-state index in [9.17, 15) is 9.59 Å². The lowest BCUT2D eigenvalue weighted by molar-refractivity contribution is 0.0953. The predicted octanol–water partition coefficient (Wildman–Crippen LogP) is 2.84. The quantitative estimate of drug-likeness (QED) is 0.462. The third-order valence-corrected chi connectivity index (χ3v) is 4.36. The molecule has 0 aliphatic carbocycles. The van der Waals surface area contributed by atoms with Crippen molar-refractivity contribution in [2.75, 3.05) is 25.0 Å². The number of benzene rings is 2. The van der Waals surface area contributed by atoms with Gasteiger partial charge in [0.15, 0.2) is 4.77 Å². The Bertz CT molecular complexity index is 1030. The minimum Gasteiger partial charge on any atom is -0.375 e.